The molecule has 0 unspecified atom stereocenters. The molecule has 0 bridgehead atoms. The summed E-state index contributed by atoms with van der Waals surface area (Å²) in [5.41, 5.74) is 1.79. The summed E-state index contributed by atoms with van der Waals surface area (Å²) in [6.07, 6.45) is 1.90. The van der Waals surface area contributed by atoms with Crippen LogP contribution in [0.4, 0.5) is 11.5 Å². The normalized spacial score (nSPS) is 10.5. The highest BCUT2D eigenvalue weighted by Crippen LogP contribution is 2.21. The Bertz CT molecular complexity index is 829. The molecule has 0 aliphatic heterocycles. The molecule has 7 heteroatoms. The molecule has 0 saturated carbocycles. The minimum Gasteiger partial charge on any atom is -0.441 e. The van der Waals surface area contributed by atoms with Gasteiger partial charge in [0.05, 0.1) is 10.6 Å². The van der Waals surface area contributed by atoms with Crippen molar-refractivity contribution in [3.63, 3.8) is 0 Å². The first-order valence-electron chi connectivity index (χ1n) is 7.49. The molecule has 24 heavy (non-hydrogen) atoms. The van der Waals surface area contributed by atoms with Crippen LogP contribution in [0.3, 0.4) is 0 Å². The van der Waals surface area contributed by atoms with Crippen LogP contribution >= 0.6 is 0 Å². The number of hydrogen-bond acceptors (Lipinski definition) is 6. The minimum atomic E-state index is -0.472. The van der Waals surface area contributed by atoms with Crippen LogP contribution in [0.2, 0.25) is 0 Å². The molecule has 122 valence electrons. The zero-order valence-corrected chi connectivity index (χ0v) is 13.1. The number of pyridine rings is 1. The average Bonchev–Trinajstić information content (AvgIpc) is 2.97. The first-order chi connectivity index (χ1) is 11.6. The molecule has 3 rings (SSSR count). The Balaban J connectivity index is 1.61. The van der Waals surface area contributed by atoms with Crippen molar-refractivity contribution in [1.82, 2.24) is 9.97 Å². The van der Waals surface area contributed by atoms with Crippen LogP contribution in [-0.4, -0.2) is 21.4 Å². The summed E-state index contributed by atoms with van der Waals surface area (Å²) in [7, 11) is 0. The van der Waals surface area contributed by atoms with Crippen molar-refractivity contribution in [2.45, 2.75) is 13.3 Å². The first kappa shape index (κ1) is 15.7. The Hall–Kier alpha value is -3.22. The zero-order chi connectivity index (χ0) is 16.9. The van der Waals surface area contributed by atoms with Crippen LogP contribution in [0.25, 0.3) is 11.5 Å². The second-order valence-corrected chi connectivity index (χ2v) is 5.22. The molecule has 2 heterocycles. The number of aromatic nitrogens is 2. The number of oxazole rings is 1. The number of nitrogens with one attached hydrogen (secondary N) is 1. The number of nitro groups is 1. The van der Waals surface area contributed by atoms with Crippen molar-refractivity contribution in [3.05, 3.63) is 70.2 Å². The van der Waals surface area contributed by atoms with Crippen molar-refractivity contribution >= 4 is 11.5 Å². The largest absolute Gasteiger partial charge is 0.441 e. The van der Waals surface area contributed by atoms with E-state index < -0.39 is 4.92 Å². The molecule has 0 aliphatic rings. The van der Waals surface area contributed by atoms with Gasteiger partial charge in [0.2, 0.25) is 5.89 Å². The first-order valence-corrected chi connectivity index (χ1v) is 7.49. The summed E-state index contributed by atoms with van der Waals surface area (Å²) in [5.74, 6) is 1.98. The maximum atomic E-state index is 10.6. The van der Waals surface area contributed by atoms with E-state index in [9.17, 15) is 10.1 Å². The van der Waals surface area contributed by atoms with Gasteiger partial charge in [-0.05, 0) is 25.1 Å². The lowest BCUT2D eigenvalue weighted by atomic mass is 10.2. The Labute approximate surface area is 138 Å². The van der Waals surface area contributed by atoms with Gasteiger partial charge in [-0.3, -0.25) is 10.1 Å². The molecule has 0 radical (unpaired) electrons. The standard InChI is InChI=1S/C17H16N4O3/c1-12-15(20-17(24-12)13-5-3-2-4-6-13)9-10-18-16-8-7-14(11-19-16)21(22)23/h2-8,11H,9-10H2,1H3,(H,18,19). The summed E-state index contributed by atoms with van der Waals surface area (Å²) in [6, 6.07) is 12.7. The van der Waals surface area contributed by atoms with E-state index in [2.05, 4.69) is 15.3 Å². The average molecular weight is 324 g/mol. The number of hydrogen-bond donors (Lipinski definition) is 1. The number of benzene rings is 1. The van der Waals surface area contributed by atoms with E-state index in [4.69, 9.17) is 4.42 Å². The Morgan fingerprint density at radius 2 is 2.00 bits per heavy atom. The summed E-state index contributed by atoms with van der Waals surface area (Å²) >= 11 is 0. The zero-order valence-electron chi connectivity index (χ0n) is 13.1. The maximum absolute atomic E-state index is 10.6. The summed E-state index contributed by atoms with van der Waals surface area (Å²) in [6.45, 7) is 2.49. The second-order valence-electron chi connectivity index (χ2n) is 5.22. The number of nitrogens with zero attached hydrogens (tertiary/aromatic N) is 3. The lowest BCUT2D eigenvalue weighted by molar-refractivity contribution is -0.385. The van der Waals surface area contributed by atoms with Crippen molar-refractivity contribution in [2.24, 2.45) is 0 Å². The van der Waals surface area contributed by atoms with E-state index >= 15 is 0 Å². The molecule has 2 aromatic heterocycles. The highest BCUT2D eigenvalue weighted by molar-refractivity contribution is 5.53. The molecule has 0 spiro atoms. The van der Waals surface area contributed by atoms with E-state index in [0.717, 1.165) is 17.0 Å². The Morgan fingerprint density at radius 1 is 1.21 bits per heavy atom. The monoisotopic (exact) mass is 324 g/mol. The fourth-order valence-electron chi connectivity index (χ4n) is 2.27. The molecule has 0 aliphatic carbocycles. The Kier molecular flexibility index (Phi) is 4.51. The third-order valence-electron chi connectivity index (χ3n) is 3.54. The van der Waals surface area contributed by atoms with Crippen LogP contribution in [-0.2, 0) is 6.42 Å². The van der Waals surface area contributed by atoms with Crippen LogP contribution in [0.1, 0.15) is 11.5 Å². The fourth-order valence-corrected chi connectivity index (χ4v) is 2.27. The van der Waals surface area contributed by atoms with Gasteiger partial charge in [0, 0.05) is 24.6 Å². The fraction of sp³-hybridized carbons (Fsp3) is 0.176. The van der Waals surface area contributed by atoms with Crippen LogP contribution in [0.15, 0.2) is 53.1 Å². The summed E-state index contributed by atoms with van der Waals surface area (Å²) < 4.78 is 5.72. The van der Waals surface area contributed by atoms with E-state index in [0.29, 0.717) is 24.7 Å². The Morgan fingerprint density at radius 3 is 2.67 bits per heavy atom. The molecule has 0 saturated heterocycles. The third kappa shape index (κ3) is 3.57. The van der Waals surface area contributed by atoms with Crippen molar-refractivity contribution in [1.29, 1.82) is 0 Å². The van der Waals surface area contributed by atoms with Crippen LogP contribution < -0.4 is 5.32 Å². The molecule has 1 N–H and O–H groups in total. The van der Waals surface area contributed by atoms with E-state index in [-0.39, 0.29) is 5.69 Å². The summed E-state index contributed by atoms with van der Waals surface area (Å²) in [5, 5.41) is 13.7. The van der Waals surface area contributed by atoms with Gasteiger partial charge in [0.15, 0.2) is 0 Å². The quantitative estimate of drug-likeness (QED) is 0.550. The molecule has 1 aromatic carbocycles. The van der Waals surface area contributed by atoms with Gasteiger partial charge in [0.1, 0.15) is 17.8 Å². The third-order valence-corrected chi connectivity index (χ3v) is 3.54. The van der Waals surface area contributed by atoms with Crippen molar-refractivity contribution in [3.8, 4) is 11.5 Å². The van der Waals surface area contributed by atoms with Crippen LogP contribution in [0.5, 0.6) is 0 Å². The van der Waals surface area contributed by atoms with E-state index in [1.165, 1.54) is 12.3 Å². The highest BCUT2D eigenvalue weighted by Gasteiger charge is 2.11. The van der Waals surface area contributed by atoms with Gasteiger partial charge in [-0.2, -0.15) is 0 Å². The molecular weight excluding hydrogens is 308 g/mol. The number of rotatable bonds is 6. The lowest BCUT2D eigenvalue weighted by Crippen LogP contribution is -2.07. The van der Waals surface area contributed by atoms with Gasteiger partial charge in [-0.15, -0.1) is 0 Å². The van der Waals surface area contributed by atoms with Gasteiger partial charge < -0.3 is 9.73 Å². The SMILES string of the molecule is Cc1oc(-c2ccccc2)nc1CCNc1ccc([N+](=O)[O-])cn1. The molecule has 3 aromatic rings. The summed E-state index contributed by atoms with van der Waals surface area (Å²) in [4.78, 5) is 18.7. The molecule has 0 amide bonds. The second kappa shape index (κ2) is 6.91. The van der Waals surface area contributed by atoms with Gasteiger partial charge >= 0.3 is 0 Å². The molecule has 0 atom stereocenters. The predicted molar refractivity (Wildman–Crippen MR) is 89.8 cm³/mol. The molecular formula is C17H16N4O3. The van der Waals surface area contributed by atoms with Crippen molar-refractivity contribution in [2.75, 3.05) is 11.9 Å². The minimum absolute atomic E-state index is 0.0274. The number of anilines is 1. The van der Waals surface area contributed by atoms with Gasteiger partial charge in [-0.25, -0.2) is 9.97 Å². The molecule has 7 nitrogen and oxygen atoms in total. The predicted octanol–water partition coefficient (Wildman–Crippen LogP) is 3.61. The van der Waals surface area contributed by atoms with Crippen LogP contribution in [0, 0.1) is 17.0 Å². The topological polar surface area (TPSA) is 94.1 Å². The van der Waals surface area contributed by atoms with Gasteiger partial charge in [0.25, 0.3) is 5.69 Å². The van der Waals surface area contributed by atoms with E-state index in [1.807, 2.05) is 37.3 Å². The smallest absolute Gasteiger partial charge is 0.287 e. The van der Waals surface area contributed by atoms with Crippen molar-refractivity contribution < 1.29 is 9.34 Å². The maximum Gasteiger partial charge on any atom is 0.287 e. The highest BCUT2D eigenvalue weighted by atomic mass is 16.6. The molecule has 0 fully saturated rings. The lowest BCUT2D eigenvalue weighted by Gasteiger charge is -2.03. The number of aryl methyl sites for hydroxylation is 1. The van der Waals surface area contributed by atoms with Gasteiger partial charge in [-0.1, -0.05) is 18.2 Å². The van der Waals surface area contributed by atoms with E-state index in [1.54, 1.807) is 6.07 Å².